The van der Waals surface area contributed by atoms with E-state index in [4.69, 9.17) is 4.18 Å². The van der Waals surface area contributed by atoms with Gasteiger partial charge in [0.2, 0.25) is 0 Å². The van der Waals surface area contributed by atoms with Gasteiger partial charge in [-0.05, 0) is 6.42 Å². The van der Waals surface area contributed by atoms with E-state index in [1.54, 1.807) is 0 Å². The molecule has 0 saturated heterocycles. The molecule has 3 nitrogen and oxygen atoms in total. The third-order valence-electron chi connectivity index (χ3n) is 3.83. The monoisotopic (exact) mass is 332 g/mol. The first-order chi connectivity index (χ1) is 10.6. The van der Waals surface area contributed by atoms with Gasteiger partial charge in [0, 0.05) is 0 Å². The first kappa shape index (κ1) is 21.6. The minimum atomic E-state index is -3.37. The molecule has 0 unspecified atom stereocenters. The molecule has 0 rings (SSSR count). The Morgan fingerprint density at radius 3 is 1.59 bits per heavy atom. The summed E-state index contributed by atoms with van der Waals surface area (Å²) in [6.45, 7) is 5.97. The van der Waals surface area contributed by atoms with E-state index < -0.39 is 10.1 Å². The molecule has 0 aliphatic carbocycles. The summed E-state index contributed by atoms with van der Waals surface area (Å²) in [6.07, 6.45) is 18.0. The molecule has 22 heavy (non-hydrogen) atoms. The van der Waals surface area contributed by atoms with E-state index in [1.807, 2.05) is 0 Å². The molecule has 0 aromatic rings. The molecule has 0 aliphatic rings. The largest absolute Gasteiger partial charge is 0.270 e. The molecule has 0 saturated carbocycles. The molecule has 0 radical (unpaired) electrons. The Balaban J connectivity index is 3.16. The fourth-order valence-corrected chi connectivity index (χ4v) is 3.25. The number of unbranched alkanes of at least 4 members (excludes halogenated alkanes) is 12. The van der Waals surface area contributed by atoms with Crippen molar-refractivity contribution in [3.63, 3.8) is 0 Å². The summed E-state index contributed by atoms with van der Waals surface area (Å²) in [6, 6.07) is 0. The molecule has 132 valence electrons. The van der Waals surface area contributed by atoms with Gasteiger partial charge < -0.3 is 0 Å². The highest BCUT2D eigenvalue weighted by molar-refractivity contribution is 7.86. The first-order valence-corrected chi connectivity index (χ1v) is 10.7. The third-order valence-corrected chi connectivity index (χ3v) is 5.00. The summed E-state index contributed by atoms with van der Waals surface area (Å²) in [7, 11) is -3.37. The third kappa shape index (κ3) is 16.0. The van der Waals surface area contributed by atoms with Crippen molar-refractivity contribution in [1.29, 1.82) is 0 Å². The lowest BCUT2D eigenvalue weighted by atomic mass is 10.0. The molecule has 0 aliphatic heterocycles. The van der Waals surface area contributed by atoms with Crippen molar-refractivity contribution >= 4 is 10.1 Å². The van der Waals surface area contributed by atoms with Crippen LogP contribution in [0.15, 0.2) is 12.7 Å². The van der Waals surface area contributed by atoms with Crippen LogP contribution in [-0.4, -0.2) is 20.8 Å². The predicted octanol–water partition coefficient (Wildman–Crippen LogP) is 5.61. The average molecular weight is 333 g/mol. The molecular formula is C18H36O3S. The highest BCUT2D eigenvalue weighted by atomic mass is 32.2. The molecule has 0 aromatic heterocycles. The summed E-state index contributed by atoms with van der Waals surface area (Å²) >= 11 is 0. The van der Waals surface area contributed by atoms with Gasteiger partial charge in [0.05, 0.1) is 12.4 Å². The van der Waals surface area contributed by atoms with Gasteiger partial charge in [-0.3, -0.25) is 4.18 Å². The number of hydrogen-bond acceptors (Lipinski definition) is 3. The molecule has 0 N–H and O–H groups in total. The van der Waals surface area contributed by atoms with Crippen molar-refractivity contribution in [3.8, 4) is 0 Å². The minimum absolute atomic E-state index is 0.0918. The Labute approximate surface area is 138 Å². The van der Waals surface area contributed by atoms with Gasteiger partial charge in [-0.25, -0.2) is 0 Å². The molecule has 0 atom stereocenters. The average Bonchev–Trinajstić information content (AvgIpc) is 2.47. The number of rotatable bonds is 17. The van der Waals surface area contributed by atoms with Gasteiger partial charge in [-0.1, -0.05) is 90.0 Å². The Morgan fingerprint density at radius 2 is 1.18 bits per heavy atom. The van der Waals surface area contributed by atoms with E-state index in [1.165, 1.54) is 76.7 Å². The van der Waals surface area contributed by atoms with Crippen molar-refractivity contribution in [2.45, 2.75) is 90.4 Å². The van der Waals surface area contributed by atoms with Gasteiger partial charge >= 0.3 is 0 Å². The smallest absolute Gasteiger partial charge is 0.270 e. The number of hydrogen-bond donors (Lipinski definition) is 0. The van der Waals surface area contributed by atoms with E-state index in [-0.39, 0.29) is 5.75 Å². The van der Waals surface area contributed by atoms with E-state index in [0.29, 0.717) is 6.61 Å². The van der Waals surface area contributed by atoms with E-state index in [9.17, 15) is 8.42 Å². The van der Waals surface area contributed by atoms with Crippen LogP contribution >= 0.6 is 0 Å². The summed E-state index contributed by atoms with van der Waals surface area (Å²) < 4.78 is 27.4. The van der Waals surface area contributed by atoms with Crippen LogP contribution in [0.4, 0.5) is 0 Å². The van der Waals surface area contributed by atoms with Crippen molar-refractivity contribution in [3.05, 3.63) is 12.7 Å². The molecular weight excluding hydrogens is 296 g/mol. The fourth-order valence-electron chi connectivity index (χ4n) is 2.50. The summed E-state index contributed by atoms with van der Waals surface area (Å²) in [5.41, 5.74) is 0. The van der Waals surface area contributed by atoms with Crippen LogP contribution in [0.25, 0.3) is 0 Å². The molecule has 0 bridgehead atoms. The van der Waals surface area contributed by atoms with Crippen LogP contribution in [-0.2, 0) is 14.3 Å². The molecule has 0 spiro atoms. The topological polar surface area (TPSA) is 43.4 Å². The van der Waals surface area contributed by atoms with E-state index in [0.717, 1.165) is 12.8 Å². The summed E-state index contributed by atoms with van der Waals surface area (Å²) in [4.78, 5) is 0. The zero-order valence-corrected chi connectivity index (χ0v) is 15.3. The van der Waals surface area contributed by atoms with Crippen LogP contribution in [0, 0.1) is 0 Å². The maximum Gasteiger partial charge on any atom is 0.270 e. The van der Waals surface area contributed by atoms with Gasteiger partial charge in [-0.2, -0.15) is 8.42 Å². The Morgan fingerprint density at radius 1 is 0.773 bits per heavy atom. The van der Waals surface area contributed by atoms with E-state index in [2.05, 4.69) is 13.5 Å². The summed E-state index contributed by atoms with van der Waals surface area (Å²) in [5, 5.41) is 0. The predicted molar refractivity (Wildman–Crippen MR) is 95.6 cm³/mol. The highest BCUT2D eigenvalue weighted by Crippen LogP contribution is 2.12. The van der Waals surface area contributed by atoms with Crippen molar-refractivity contribution < 1.29 is 12.6 Å². The first-order valence-electron chi connectivity index (χ1n) is 9.10. The van der Waals surface area contributed by atoms with Crippen LogP contribution in [0.1, 0.15) is 90.4 Å². The molecule has 0 aromatic carbocycles. The van der Waals surface area contributed by atoms with Crippen molar-refractivity contribution in [1.82, 2.24) is 0 Å². The molecule has 0 heterocycles. The molecule has 0 amide bonds. The molecule has 0 fully saturated rings. The second-order valence-electron chi connectivity index (χ2n) is 6.08. The minimum Gasteiger partial charge on any atom is -0.270 e. The molecule has 4 heteroatoms. The Kier molecular flexibility index (Phi) is 15.3. The quantitative estimate of drug-likeness (QED) is 0.197. The van der Waals surface area contributed by atoms with Gasteiger partial charge in [0.15, 0.2) is 0 Å². The van der Waals surface area contributed by atoms with Crippen LogP contribution < -0.4 is 0 Å². The Hall–Kier alpha value is -0.350. The zero-order valence-electron chi connectivity index (χ0n) is 14.5. The lowest BCUT2D eigenvalue weighted by Crippen LogP contribution is -2.09. The van der Waals surface area contributed by atoms with Crippen LogP contribution in [0.5, 0.6) is 0 Å². The highest BCUT2D eigenvalue weighted by Gasteiger charge is 2.07. The van der Waals surface area contributed by atoms with Crippen molar-refractivity contribution in [2.24, 2.45) is 0 Å². The van der Waals surface area contributed by atoms with Crippen LogP contribution in [0.3, 0.4) is 0 Å². The van der Waals surface area contributed by atoms with Gasteiger partial charge in [-0.15, -0.1) is 6.58 Å². The maximum atomic E-state index is 11.3. The maximum absolute atomic E-state index is 11.3. The fraction of sp³-hybridized carbons (Fsp3) is 0.889. The normalized spacial score (nSPS) is 11.7. The Bertz CT molecular complexity index is 336. The zero-order chi connectivity index (χ0) is 16.5. The van der Waals surface area contributed by atoms with Crippen LogP contribution in [0.2, 0.25) is 0 Å². The van der Waals surface area contributed by atoms with E-state index >= 15 is 0 Å². The summed E-state index contributed by atoms with van der Waals surface area (Å²) in [5.74, 6) is -0.0918. The second kappa shape index (κ2) is 15.5. The standard InChI is InChI=1S/C18H36O3S/c1-3-5-6-7-8-9-10-11-12-13-14-15-16-17-21-22(19,20)18-4-2/h4H,2-3,5-18H2,1H3. The van der Waals surface area contributed by atoms with Gasteiger partial charge in [0.25, 0.3) is 10.1 Å². The SMILES string of the molecule is C=CCS(=O)(=O)OCCCCCCCCCCCCCCC. The van der Waals surface area contributed by atoms with Crippen molar-refractivity contribution in [2.75, 3.05) is 12.4 Å². The van der Waals surface area contributed by atoms with Gasteiger partial charge in [0.1, 0.15) is 0 Å². The lowest BCUT2D eigenvalue weighted by Gasteiger charge is -2.04. The second-order valence-corrected chi connectivity index (χ2v) is 7.76. The lowest BCUT2D eigenvalue weighted by molar-refractivity contribution is 0.307.